The lowest BCUT2D eigenvalue weighted by Gasteiger charge is -2.28. The Balaban J connectivity index is 2.94. The summed E-state index contributed by atoms with van der Waals surface area (Å²) in [5, 5.41) is 4.46. The molecule has 0 saturated heterocycles. The van der Waals surface area contributed by atoms with E-state index in [9.17, 15) is 0 Å². The fourth-order valence-electron chi connectivity index (χ4n) is 2.12. The number of anilines is 1. The van der Waals surface area contributed by atoms with E-state index >= 15 is 0 Å². The molecule has 0 radical (unpaired) electrons. The van der Waals surface area contributed by atoms with Gasteiger partial charge < -0.3 is 10.2 Å². The topological polar surface area (TPSA) is 28.2 Å². The number of hydrogen-bond acceptors (Lipinski definition) is 4. The number of aromatic nitrogens is 1. The van der Waals surface area contributed by atoms with Crippen LogP contribution in [0.15, 0.2) is 0 Å². The molecule has 1 N–H and O–H groups in total. The average molecular weight is 283 g/mol. The van der Waals surface area contributed by atoms with Gasteiger partial charge in [-0.15, -0.1) is 11.3 Å². The maximum absolute atomic E-state index is 4.87. The van der Waals surface area contributed by atoms with Crippen molar-refractivity contribution in [1.82, 2.24) is 10.3 Å². The molecule has 0 fully saturated rings. The van der Waals surface area contributed by atoms with E-state index in [1.165, 1.54) is 35.0 Å². The smallest absolute Gasteiger partial charge is 0.186 e. The summed E-state index contributed by atoms with van der Waals surface area (Å²) in [7, 11) is 2.00. The molecule has 0 saturated carbocycles. The Bertz CT molecular complexity index is 362. The normalized spacial score (nSPS) is 12.7. The molecule has 1 heterocycles. The Morgan fingerprint density at radius 1 is 1.32 bits per heavy atom. The van der Waals surface area contributed by atoms with E-state index in [4.69, 9.17) is 4.98 Å². The molecule has 1 aromatic heterocycles. The lowest BCUT2D eigenvalue weighted by molar-refractivity contribution is 0.594. The summed E-state index contributed by atoms with van der Waals surface area (Å²) in [4.78, 5) is 8.76. The Labute approximate surface area is 122 Å². The molecule has 0 spiro atoms. The molecule has 4 heteroatoms. The molecule has 1 aromatic rings. The molecule has 0 aromatic carbocycles. The fourth-order valence-corrected chi connectivity index (χ4v) is 3.41. The first-order valence-corrected chi connectivity index (χ1v) is 8.39. The molecule has 1 unspecified atom stereocenters. The van der Waals surface area contributed by atoms with Gasteiger partial charge in [0.05, 0.1) is 5.69 Å². The minimum atomic E-state index is 0.574. The first-order valence-electron chi connectivity index (χ1n) is 7.57. The van der Waals surface area contributed by atoms with Gasteiger partial charge in [0.15, 0.2) is 5.13 Å². The summed E-state index contributed by atoms with van der Waals surface area (Å²) >= 11 is 1.86. The van der Waals surface area contributed by atoms with Crippen LogP contribution in [0, 0.1) is 0 Å². The van der Waals surface area contributed by atoms with E-state index in [1.807, 2.05) is 18.4 Å². The quantitative estimate of drug-likeness (QED) is 0.746. The van der Waals surface area contributed by atoms with Crippen molar-refractivity contribution in [3.8, 4) is 0 Å². The van der Waals surface area contributed by atoms with Crippen LogP contribution < -0.4 is 10.2 Å². The maximum Gasteiger partial charge on any atom is 0.186 e. The van der Waals surface area contributed by atoms with Crippen LogP contribution in [-0.4, -0.2) is 24.6 Å². The molecule has 1 atom stereocenters. The van der Waals surface area contributed by atoms with Gasteiger partial charge in [0.2, 0.25) is 0 Å². The van der Waals surface area contributed by atoms with Gasteiger partial charge in [-0.3, -0.25) is 0 Å². The second-order valence-electron chi connectivity index (χ2n) is 5.05. The zero-order valence-corrected chi connectivity index (χ0v) is 13.9. The van der Waals surface area contributed by atoms with Gasteiger partial charge in [-0.25, -0.2) is 4.98 Å². The van der Waals surface area contributed by atoms with Crippen LogP contribution in [0.1, 0.15) is 57.5 Å². The highest BCUT2D eigenvalue weighted by atomic mass is 32.1. The molecule has 0 aliphatic carbocycles. The summed E-state index contributed by atoms with van der Waals surface area (Å²) < 4.78 is 0. The molecule has 0 amide bonds. The van der Waals surface area contributed by atoms with Crippen LogP contribution in [0.4, 0.5) is 5.13 Å². The minimum absolute atomic E-state index is 0.574. The summed E-state index contributed by atoms with van der Waals surface area (Å²) in [5.74, 6) is 0. The number of nitrogens with one attached hydrogen (secondary N) is 1. The summed E-state index contributed by atoms with van der Waals surface area (Å²) in [6.07, 6.45) is 4.68. The zero-order chi connectivity index (χ0) is 14.3. The second-order valence-corrected chi connectivity index (χ2v) is 6.12. The molecule has 0 aliphatic rings. The van der Waals surface area contributed by atoms with E-state index in [1.54, 1.807) is 0 Å². The van der Waals surface area contributed by atoms with Crippen molar-refractivity contribution in [3.05, 3.63) is 10.6 Å². The number of thiazole rings is 1. The van der Waals surface area contributed by atoms with Crippen molar-refractivity contribution in [2.45, 2.75) is 66.0 Å². The summed E-state index contributed by atoms with van der Waals surface area (Å²) in [6.45, 7) is 11.1. The first kappa shape index (κ1) is 16.4. The Morgan fingerprint density at radius 2 is 2.05 bits per heavy atom. The monoisotopic (exact) mass is 283 g/mol. The number of nitrogens with zero attached hydrogens (tertiary/aromatic N) is 2. The molecule has 1 rings (SSSR count). The highest BCUT2D eigenvalue weighted by molar-refractivity contribution is 7.15. The maximum atomic E-state index is 4.87. The van der Waals surface area contributed by atoms with Crippen molar-refractivity contribution in [2.75, 3.05) is 18.5 Å². The number of rotatable bonds is 9. The fraction of sp³-hybridized carbons (Fsp3) is 0.800. The molecular formula is C15H29N3S. The average Bonchev–Trinajstić information content (AvgIpc) is 2.82. The van der Waals surface area contributed by atoms with E-state index in [0.29, 0.717) is 6.04 Å². The Hall–Kier alpha value is -0.610. The minimum Gasteiger partial charge on any atom is -0.345 e. The number of hydrogen-bond donors (Lipinski definition) is 1. The predicted octanol–water partition coefficient (Wildman–Crippen LogP) is 3.83. The number of aryl methyl sites for hydroxylation is 1. The third-order valence-electron chi connectivity index (χ3n) is 3.56. The van der Waals surface area contributed by atoms with Gasteiger partial charge in [0.25, 0.3) is 0 Å². The van der Waals surface area contributed by atoms with Crippen LogP contribution in [0.25, 0.3) is 0 Å². The van der Waals surface area contributed by atoms with Crippen molar-refractivity contribution in [1.29, 1.82) is 0 Å². The molecule has 110 valence electrons. The Kier molecular flexibility index (Phi) is 7.39. The van der Waals surface area contributed by atoms with E-state index in [2.05, 4.69) is 37.9 Å². The van der Waals surface area contributed by atoms with Crippen LogP contribution in [0.5, 0.6) is 0 Å². The van der Waals surface area contributed by atoms with Crippen LogP contribution in [-0.2, 0) is 13.0 Å². The van der Waals surface area contributed by atoms with Gasteiger partial charge in [0.1, 0.15) is 0 Å². The lowest BCUT2D eigenvalue weighted by Crippen LogP contribution is -2.33. The predicted molar refractivity (Wildman–Crippen MR) is 86.3 cm³/mol. The molecular weight excluding hydrogens is 254 g/mol. The van der Waals surface area contributed by atoms with Crippen molar-refractivity contribution >= 4 is 16.5 Å². The standard InChI is InChI=1S/C15H29N3S/c1-6-9-10-18(12(4)7-2)15-17-13(8-3)14(19-15)11-16-5/h12,16H,6-11H2,1-5H3. The van der Waals surface area contributed by atoms with Gasteiger partial charge in [-0.05, 0) is 33.2 Å². The van der Waals surface area contributed by atoms with Gasteiger partial charge in [0, 0.05) is 24.0 Å². The molecule has 3 nitrogen and oxygen atoms in total. The lowest BCUT2D eigenvalue weighted by atomic mass is 10.2. The molecule has 19 heavy (non-hydrogen) atoms. The summed E-state index contributed by atoms with van der Waals surface area (Å²) in [5.41, 5.74) is 1.26. The van der Waals surface area contributed by atoms with Crippen molar-refractivity contribution in [2.24, 2.45) is 0 Å². The second kappa shape index (κ2) is 8.54. The first-order chi connectivity index (χ1) is 9.17. The third-order valence-corrected chi connectivity index (χ3v) is 4.70. The highest BCUT2D eigenvalue weighted by Crippen LogP contribution is 2.29. The van der Waals surface area contributed by atoms with Crippen LogP contribution >= 0.6 is 11.3 Å². The van der Waals surface area contributed by atoms with Gasteiger partial charge >= 0.3 is 0 Å². The van der Waals surface area contributed by atoms with Crippen LogP contribution in [0.3, 0.4) is 0 Å². The summed E-state index contributed by atoms with van der Waals surface area (Å²) in [6, 6.07) is 0.574. The highest BCUT2D eigenvalue weighted by Gasteiger charge is 2.18. The number of unbranched alkanes of at least 4 members (excludes halogenated alkanes) is 1. The van der Waals surface area contributed by atoms with Gasteiger partial charge in [-0.1, -0.05) is 27.2 Å². The largest absolute Gasteiger partial charge is 0.345 e. The molecule has 0 aliphatic heterocycles. The Morgan fingerprint density at radius 3 is 2.58 bits per heavy atom. The van der Waals surface area contributed by atoms with Crippen molar-refractivity contribution < 1.29 is 0 Å². The van der Waals surface area contributed by atoms with Crippen LogP contribution in [0.2, 0.25) is 0 Å². The van der Waals surface area contributed by atoms with Gasteiger partial charge in [-0.2, -0.15) is 0 Å². The van der Waals surface area contributed by atoms with E-state index in [0.717, 1.165) is 19.5 Å². The zero-order valence-electron chi connectivity index (χ0n) is 13.1. The molecule has 0 bridgehead atoms. The van der Waals surface area contributed by atoms with Crippen molar-refractivity contribution in [3.63, 3.8) is 0 Å². The SMILES string of the molecule is CCCCN(c1nc(CC)c(CNC)s1)C(C)CC. The van der Waals surface area contributed by atoms with E-state index < -0.39 is 0 Å². The van der Waals surface area contributed by atoms with E-state index in [-0.39, 0.29) is 0 Å². The third kappa shape index (κ3) is 4.46.